The van der Waals surface area contributed by atoms with E-state index in [0.29, 0.717) is 11.3 Å². The topological polar surface area (TPSA) is 92.6 Å². The van der Waals surface area contributed by atoms with Crippen LogP contribution in [0.3, 0.4) is 0 Å². The maximum atomic E-state index is 12.8. The van der Waals surface area contributed by atoms with E-state index in [4.69, 9.17) is 9.15 Å². The highest BCUT2D eigenvalue weighted by atomic mass is 32.2. The molecule has 0 aliphatic heterocycles. The molecule has 9 heteroatoms. The molecule has 164 valence electrons. The van der Waals surface area contributed by atoms with Gasteiger partial charge in [-0.05, 0) is 41.8 Å². The largest absolute Gasteiger partial charge is 0.497 e. The van der Waals surface area contributed by atoms with E-state index in [2.05, 4.69) is 16.2 Å². The van der Waals surface area contributed by atoms with E-state index < -0.39 is 5.91 Å². The molecule has 4 aromatic rings. The minimum atomic E-state index is -0.499. The Morgan fingerprint density at radius 1 is 1.03 bits per heavy atom. The molecule has 2 heterocycles. The van der Waals surface area contributed by atoms with Crippen LogP contribution in [0.4, 0.5) is 5.69 Å². The summed E-state index contributed by atoms with van der Waals surface area (Å²) in [6.07, 6.45) is 0. The molecule has 4 rings (SSSR count). The fraction of sp³-hybridized carbons (Fsp3) is 0.130. The number of thioether (sulfide) groups is 1. The summed E-state index contributed by atoms with van der Waals surface area (Å²) in [5.74, 6) is 0.609. The number of furan rings is 1. The molecule has 2 amide bonds. The van der Waals surface area contributed by atoms with Crippen molar-refractivity contribution in [2.45, 2.75) is 9.96 Å². The van der Waals surface area contributed by atoms with Crippen LogP contribution in [-0.2, 0) is 10.5 Å². The quantitative estimate of drug-likeness (QED) is 0.258. The Hall–Kier alpha value is -3.43. The summed E-state index contributed by atoms with van der Waals surface area (Å²) < 4.78 is 12.1. The SMILES string of the molecule is COc1ccc(NCC(=O)NNC(=O)c2oc3ccccc3c2CSc2cccs2)cc1. The van der Waals surface area contributed by atoms with Gasteiger partial charge in [-0.2, -0.15) is 0 Å². The number of hydrogen-bond acceptors (Lipinski definition) is 7. The normalized spacial score (nSPS) is 10.7. The Bertz CT molecular complexity index is 1200. The average Bonchev–Trinajstić information content (AvgIpc) is 3.48. The van der Waals surface area contributed by atoms with Gasteiger partial charge in [-0.1, -0.05) is 24.3 Å². The second-order valence-electron chi connectivity index (χ2n) is 6.71. The number of fused-ring (bicyclic) bond motifs is 1. The number of methoxy groups -OCH3 is 1. The van der Waals surface area contributed by atoms with Crippen molar-refractivity contribution < 1.29 is 18.7 Å². The van der Waals surface area contributed by atoms with Crippen molar-refractivity contribution in [1.29, 1.82) is 0 Å². The molecule has 0 aliphatic rings. The van der Waals surface area contributed by atoms with Gasteiger partial charge < -0.3 is 14.5 Å². The summed E-state index contributed by atoms with van der Waals surface area (Å²) in [5, 5.41) is 5.88. The van der Waals surface area contributed by atoms with Gasteiger partial charge in [0.1, 0.15) is 11.3 Å². The van der Waals surface area contributed by atoms with Crippen molar-refractivity contribution in [3.05, 3.63) is 77.4 Å². The van der Waals surface area contributed by atoms with E-state index in [-0.39, 0.29) is 18.2 Å². The minimum Gasteiger partial charge on any atom is -0.497 e. The highest BCUT2D eigenvalue weighted by molar-refractivity contribution is 8.00. The average molecular weight is 468 g/mol. The van der Waals surface area contributed by atoms with E-state index in [9.17, 15) is 9.59 Å². The van der Waals surface area contributed by atoms with Crippen LogP contribution in [0, 0.1) is 0 Å². The van der Waals surface area contributed by atoms with Gasteiger partial charge in [-0.15, -0.1) is 23.1 Å². The number of hydrazine groups is 1. The van der Waals surface area contributed by atoms with Crippen LogP contribution in [0.2, 0.25) is 0 Å². The molecule has 0 spiro atoms. The molecule has 0 aliphatic carbocycles. The molecule has 0 fully saturated rings. The highest BCUT2D eigenvalue weighted by Gasteiger charge is 2.21. The van der Waals surface area contributed by atoms with Crippen molar-refractivity contribution in [2.75, 3.05) is 19.0 Å². The third-order valence-corrected chi connectivity index (χ3v) is 6.77. The Morgan fingerprint density at radius 3 is 2.59 bits per heavy atom. The van der Waals surface area contributed by atoms with Crippen LogP contribution in [0.5, 0.6) is 5.75 Å². The molecule has 0 unspecified atom stereocenters. The number of carbonyl (C=O) groups is 2. The number of hydrogen-bond donors (Lipinski definition) is 3. The lowest BCUT2D eigenvalue weighted by atomic mass is 10.1. The fourth-order valence-corrected chi connectivity index (χ4v) is 4.85. The monoisotopic (exact) mass is 467 g/mol. The van der Waals surface area contributed by atoms with Gasteiger partial charge in [0.05, 0.1) is 17.9 Å². The lowest BCUT2D eigenvalue weighted by Crippen LogP contribution is -2.44. The van der Waals surface area contributed by atoms with Gasteiger partial charge in [0.15, 0.2) is 5.76 Å². The number of amides is 2. The molecule has 0 atom stereocenters. The van der Waals surface area contributed by atoms with Crippen molar-refractivity contribution in [3.8, 4) is 5.75 Å². The van der Waals surface area contributed by atoms with E-state index in [1.54, 1.807) is 54.5 Å². The molecule has 0 saturated carbocycles. The second kappa shape index (κ2) is 10.3. The van der Waals surface area contributed by atoms with Gasteiger partial charge in [-0.25, -0.2) is 0 Å². The molecule has 3 N–H and O–H groups in total. The van der Waals surface area contributed by atoms with Gasteiger partial charge in [-0.3, -0.25) is 20.4 Å². The van der Waals surface area contributed by atoms with Gasteiger partial charge in [0.25, 0.3) is 5.91 Å². The molecule has 2 aromatic carbocycles. The predicted molar refractivity (Wildman–Crippen MR) is 127 cm³/mol. The number of anilines is 1. The number of rotatable bonds is 8. The van der Waals surface area contributed by atoms with E-state index in [1.165, 1.54) is 0 Å². The third kappa shape index (κ3) is 5.24. The first kappa shape index (κ1) is 21.8. The molecular formula is C23H21N3O4S2. The van der Waals surface area contributed by atoms with Crippen LogP contribution in [0.1, 0.15) is 16.1 Å². The zero-order valence-corrected chi connectivity index (χ0v) is 18.8. The maximum absolute atomic E-state index is 12.8. The van der Waals surface area contributed by atoms with E-state index >= 15 is 0 Å². The maximum Gasteiger partial charge on any atom is 0.305 e. The summed E-state index contributed by atoms with van der Waals surface area (Å²) in [6.45, 7) is -0.00613. The van der Waals surface area contributed by atoms with E-state index in [0.717, 1.165) is 26.6 Å². The zero-order valence-electron chi connectivity index (χ0n) is 17.2. The number of thiophene rings is 1. The Morgan fingerprint density at radius 2 is 1.84 bits per heavy atom. The summed E-state index contributed by atoms with van der Waals surface area (Å²) in [4.78, 5) is 25.0. The molecular weight excluding hydrogens is 446 g/mol. The molecule has 32 heavy (non-hydrogen) atoms. The first-order chi connectivity index (χ1) is 15.6. The predicted octanol–water partition coefficient (Wildman–Crippen LogP) is 4.67. The molecule has 0 saturated heterocycles. The summed E-state index contributed by atoms with van der Waals surface area (Å²) in [5.41, 5.74) is 7.06. The summed E-state index contributed by atoms with van der Waals surface area (Å²) in [6, 6.07) is 18.7. The smallest absolute Gasteiger partial charge is 0.305 e. The van der Waals surface area contributed by atoms with E-state index in [1.807, 2.05) is 41.8 Å². The van der Waals surface area contributed by atoms with Gasteiger partial charge >= 0.3 is 5.91 Å². The van der Waals surface area contributed by atoms with Crippen molar-refractivity contribution >= 4 is 51.6 Å². The molecule has 0 bridgehead atoms. The highest BCUT2D eigenvalue weighted by Crippen LogP contribution is 2.33. The van der Waals surface area contributed by atoms with Crippen LogP contribution in [-0.4, -0.2) is 25.5 Å². The second-order valence-corrected chi connectivity index (χ2v) is 8.93. The van der Waals surface area contributed by atoms with Crippen molar-refractivity contribution in [1.82, 2.24) is 10.9 Å². The first-order valence-electron chi connectivity index (χ1n) is 9.78. The fourth-order valence-electron chi connectivity index (χ4n) is 3.03. The van der Waals surface area contributed by atoms with Crippen LogP contribution in [0.25, 0.3) is 11.0 Å². The Labute approximate surface area is 193 Å². The summed E-state index contributed by atoms with van der Waals surface area (Å²) in [7, 11) is 1.59. The summed E-state index contributed by atoms with van der Waals surface area (Å²) >= 11 is 3.28. The number of ether oxygens (including phenoxy) is 1. The number of nitrogens with one attached hydrogen (secondary N) is 3. The van der Waals surface area contributed by atoms with Gasteiger partial charge in [0.2, 0.25) is 0 Å². The number of carbonyl (C=O) groups excluding carboxylic acids is 2. The van der Waals surface area contributed by atoms with Gasteiger partial charge in [0, 0.05) is 22.4 Å². The molecule has 2 aromatic heterocycles. The Balaban J connectivity index is 1.38. The molecule has 7 nitrogen and oxygen atoms in total. The van der Waals surface area contributed by atoms with Crippen LogP contribution < -0.4 is 20.9 Å². The lowest BCUT2D eigenvalue weighted by molar-refractivity contribution is -0.120. The third-order valence-electron chi connectivity index (χ3n) is 4.62. The van der Waals surface area contributed by atoms with Crippen LogP contribution in [0.15, 0.2) is 74.7 Å². The minimum absolute atomic E-state index is 0.00613. The Kier molecular flexibility index (Phi) is 6.98. The number of para-hydroxylation sites is 1. The molecule has 0 radical (unpaired) electrons. The number of benzene rings is 2. The van der Waals surface area contributed by atoms with Crippen molar-refractivity contribution in [3.63, 3.8) is 0 Å². The van der Waals surface area contributed by atoms with Crippen molar-refractivity contribution in [2.24, 2.45) is 0 Å². The lowest BCUT2D eigenvalue weighted by Gasteiger charge is -2.09. The standard InChI is InChI=1S/C23H21N3O4S2/c1-29-16-10-8-15(9-11-16)24-13-20(27)25-26-23(28)22-18(14-32-21-7-4-12-31-21)17-5-2-3-6-19(17)30-22/h2-12,24H,13-14H2,1H3,(H,25,27)(H,26,28). The zero-order chi connectivity index (χ0) is 22.3. The van der Waals surface area contributed by atoms with Crippen LogP contribution >= 0.6 is 23.1 Å². The first-order valence-corrected chi connectivity index (χ1v) is 11.6.